The lowest BCUT2D eigenvalue weighted by Gasteiger charge is -2.69. The van der Waals surface area contributed by atoms with Crippen LogP contribution < -0.4 is 0 Å². The molecular weight excluding hydrogens is 424 g/mol. The topological polar surface area (TPSA) is 44.8 Å². The van der Waals surface area contributed by atoms with Gasteiger partial charge in [-0.1, -0.05) is 52.8 Å². The van der Waals surface area contributed by atoms with E-state index in [2.05, 4.69) is 53.3 Å². The van der Waals surface area contributed by atoms with Crippen molar-refractivity contribution in [3.63, 3.8) is 0 Å². The fourth-order valence-corrected chi connectivity index (χ4v) is 9.30. The Labute approximate surface area is 206 Å². The van der Waals surface area contributed by atoms with Gasteiger partial charge >= 0.3 is 5.97 Å². The van der Waals surface area contributed by atoms with Crippen LogP contribution >= 0.6 is 0 Å². The van der Waals surface area contributed by atoms with Gasteiger partial charge in [0.2, 0.25) is 0 Å². The summed E-state index contributed by atoms with van der Waals surface area (Å²) < 4.78 is 5.63. The maximum atomic E-state index is 11.6. The van der Waals surface area contributed by atoms with E-state index in [0.29, 0.717) is 30.1 Å². The van der Waals surface area contributed by atoms with Gasteiger partial charge in [-0.3, -0.25) is 4.79 Å². The van der Waals surface area contributed by atoms with Crippen molar-refractivity contribution in [1.82, 2.24) is 0 Å². The van der Waals surface area contributed by atoms with Crippen molar-refractivity contribution in [1.29, 1.82) is 0 Å². The van der Waals surface area contributed by atoms with Crippen LogP contribution in [0.4, 0.5) is 0 Å². The number of hydrogen-bond donors (Lipinski definition) is 0. The van der Waals surface area contributed by atoms with Gasteiger partial charge in [0.15, 0.2) is 0 Å². The van der Waals surface area contributed by atoms with E-state index in [1.165, 1.54) is 44.6 Å². The molecule has 0 unspecified atom stereocenters. The third-order valence-electron chi connectivity index (χ3n) is 11.4. The molecule has 4 heteroatoms. The first kappa shape index (κ1) is 24.6. The average Bonchev–Trinajstić information content (AvgIpc) is 3.14. The molecule has 0 aromatic rings. The molecule has 1 saturated heterocycles. The first-order valence-electron chi connectivity index (χ1n) is 13.9. The maximum absolute atomic E-state index is 11.6. The van der Waals surface area contributed by atoms with Gasteiger partial charge in [0.05, 0.1) is 0 Å². The third-order valence-corrected chi connectivity index (χ3v) is 11.4. The zero-order valence-electron chi connectivity index (χ0n) is 22.3. The van der Waals surface area contributed by atoms with Gasteiger partial charge in [-0.15, -0.1) is 0 Å². The third kappa shape index (κ3) is 3.34. The molecule has 9 atom stereocenters. The summed E-state index contributed by atoms with van der Waals surface area (Å²) in [7, 11) is 0. The summed E-state index contributed by atoms with van der Waals surface area (Å²) in [6.45, 7) is 17.8. The Morgan fingerprint density at radius 3 is 2.47 bits per heavy atom. The summed E-state index contributed by atoms with van der Waals surface area (Å²) in [5, 5.41) is 0. The molecular formula is C30H46O4. The van der Waals surface area contributed by atoms with Crippen molar-refractivity contribution in [2.45, 2.75) is 117 Å². The van der Waals surface area contributed by atoms with Crippen LogP contribution in [0, 0.1) is 40.4 Å². The first-order chi connectivity index (χ1) is 16.0. The van der Waals surface area contributed by atoms with Crippen molar-refractivity contribution in [2.75, 3.05) is 0 Å². The lowest BCUT2D eigenvalue weighted by Crippen LogP contribution is -2.73. The van der Waals surface area contributed by atoms with Crippen LogP contribution in [0.2, 0.25) is 0 Å². The number of carbonyl (C=O) groups is 1. The zero-order valence-corrected chi connectivity index (χ0v) is 22.3. The second-order valence-corrected chi connectivity index (χ2v) is 13.3. The lowest BCUT2D eigenvalue weighted by molar-refractivity contribution is -0.497. The van der Waals surface area contributed by atoms with Gasteiger partial charge in [0.25, 0.3) is 0 Å². The Morgan fingerprint density at radius 2 is 1.82 bits per heavy atom. The van der Waals surface area contributed by atoms with E-state index in [4.69, 9.17) is 14.5 Å². The van der Waals surface area contributed by atoms with E-state index >= 15 is 0 Å². The number of fused-ring (bicyclic) bond motifs is 2. The number of carbonyl (C=O) groups excluding carboxylic acids is 1. The molecule has 190 valence electrons. The van der Waals surface area contributed by atoms with Crippen LogP contribution in [0.5, 0.6) is 0 Å². The quantitative estimate of drug-likeness (QED) is 0.234. The average molecular weight is 471 g/mol. The zero-order chi connectivity index (χ0) is 24.5. The summed E-state index contributed by atoms with van der Waals surface area (Å²) in [6, 6.07) is 0. The molecule has 34 heavy (non-hydrogen) atoms. The Hall–Kier alpha value is -1.13. The van der Waals surface area contributed by atoms with Crippen LogP contribution in [0.3, 0.4) is 0 Å². The molecule has 2 bridgehead atoms. The Kier molecular flexibility index (Phi) is 5.92. The second-order valence-electron chi connectivity index (χ2n) is 13.3. The molecule has 6 aliphatic rings. The summed E-state index contributed by atoms with van der Waals surface area (Å²) in [5.41, 5.74) is 0.908. The number of esters is 1. The number of rotatable bonds is 6. The van der Waals surface area contributed by atoms with Crippen molar-refractivity contribution < 1.29 is 19.3 Å². The van der Waals surface area contributed by atoms with Gasteiger partial charge < -0.3 is 4.74 Å². The van der Waals surface area contributed by atoms with Crippen molar-refractivity contribution in [3.8, 4) is 0 Å². The fourth-order valence-electron chi connectivity index (χ4n) is 9.30. The Morgan fingerprint density at radius 1 is 1.06 bits per heavy atom. The SMILES string of the molecule is C=C(CC[C@@H](C)[C@H]1CC[C@H]2[C@]1(C)CC[C@H]1[C@]23C=C[C@]2(C[C@@H](OC(C)=O)CC[C@]12C)OO3)C(C)C. The Balaban J connectivity index is 1.39. The molecule has 3 saturated carbocycles. The maximum Gasteiger partial charge on any atom is 0.302 e. The smallest absolute Gasteiger partial charge is 0.302 e. The second kappa shape index (κ2) is 8.20. The molecule has 2 spiro atoms. The van der Waals surface area contributed by atoms with E-state index in [1.807, 2.05) is 0 Å². The highest BCUT2D eigenvalue weighted by atomic mass is 17.2. The van der Waals surface area contributed by atoms with Gasteiger partial charge in [-0.25, -0.2) is 9.78 Å². The normalized spacial score (nSPS) is 47.6. The standard InChI is InChI=1S/C30H46O4/c1-19(2)20(3)8-9-21(4)24-10-11-25-27(24,6)14-13-26-28(7)15-12-23(32-22(5)31)18-29(28)16-17-30(25,26)34-33-29/h16-17,19,21,23-26H,3,8-15,18H2,1-2,4-7H3/t21-,23+,24-,25+,26-,27-,28-,29-,30+/m1/s1. The predicted octanol–water partition coefficient (Wildman–Crippen LogP) is 7.19. The fraction of sp³-hybridized carbons (Fsp3) is 0.833. The van der Waals surface area contributed by atoms with E-state index in [-0.39, 0.29) is 28.5 Å². The van der Waals surface area contributed by atoms with Crippen LogP contribution in [-0.2, 0) is 19.3 Å². The number of allylic oxidation sites excluding steroid dienone is 1. The van der Waals surface area contributed by atoms with Crippen molar-refractivity contribution in [3.05, 3.63) is 24.3 Å². The van der Waals surface area contributed by atoms with Crippen LogP contribution in [0.1, 0.15) is 99.3 Å². The van der Waals surface area contributed by atoms with E-state index < -0.39 is 5.60 Å². The summed E-state index contributed by atoms with van der Waals surface area (Å²) in [4.78, 5) is 24.6. The van der Waals surface area contributed by atoms with Gasteiger partial charge in [0.1, 0.15) is 17.3 Å². The minimum atomic E-state index is -0.478. The van der Waals surface area contributed by atoms with Gasteiger partial charge in [0, 0.05) is 30.6 Å². The van der Waals surface area contributed by atoms with Crippen LogP contribution in [-0.4, -0.2) is 23.3 Å². The van der Waals surface area contributed by atoms with E-state index in [9.17, 15) is 4.79 Å². The van der Waals surface area contributed by atoms with E-state index in [1.54, 1.807) is 0 Å². The molecule has 0 radical (unpaired) electrons. The molecule has 2 aliphatic heterocycles. The monoisotopic (exact) mass is 470 g/mol. The van der Waals surface area contributed by atoms with Gasteiger partial charge in [-0.05, 0) is 80.6 Å². The largest absolute Gasteiger partial charge is 0.462 e. The molecule has 2 heterocycles. The molecule has 4 fully saturated rings. The summed E-state index contributed by atoms with van der Waals surface area (Å²) >= 11 is 0. The molecule has 0 amide bonds. The summed E-state index contributed by atoms with van der Waals surface area (Å²) in [5.74, 6) is 2.76. The van der Waals surface area contributed by atoms with Gasteiger partial charge in [-0.2, -0.15) is 0 Å². The molecule has 4 nitrogen and oxygen atoms in total. The van der Waals surface area contributed by atoms with Crippen molar-refractivity contribution >= 4 is 5.97 Å². The highest BCUT2D eigenvalue weighted by Crippen LogP contribution is 2.73. The molecule has 0 N–H and O–H groups in total. The first-order valence-corrected chi connectivity index (χ1v) is 13.9. The van der Waals surface area contributed by atoms with Crippen LogP contribution in [0.15, 0.2) is 24.3 Å². The predicted molar refractivity (Wildman–Crippen MR) is 134 cm³/mol. The molecule has 4 aliphatic carbocycles. The summed E-state index contributed by atoms with van der Waals surface area (Å²) in [6.07, 6.45) is 14.6. The molecule has 0 aromatic heterocycles. The lowest BCUT2D eigenvalue weighted by atomic mass is 9.42. The van der Waals surface area contributed by atoms with Crippen LogP contribution in [0.25, 0.3) is 0 Å². The highest BCUT2D eigenvalue weighted by Gasteiger charge is 2.74. The Bertz CT molecular complexity index is 877. The number of ether oxygens (including phenoxy) is 1. The minimum Gasteiger partial charge on any atom is -0.462 e. The molecule has 6 rings (SSSR count). The minimum absolute atomic E-state index is 0.0245. The molecule has 0 aromatic carbocycles. The highest BCUT2D eigenvalue weighted by molar-refractivity contribution is 5.66. The number of hydrogen-bond acceptors (Lipinski definition) is 4. The van der Waals surface area contributed by atoms with E-state index in [0.717, 1.165) is 25.2 Å². The van der Waals surface area contributed by atoms with Crippen molar-refractivity contribution in [2.24, 2.45) is 40.4 Å².